The summed E-state index contributed by atoms with van der Waals surface area (Å²) < 4.78 is 0. The van der Waals surface area contributed by atoms with Crippen LogP contribution >= 0.6 is 11.3 Å². The first-order chi connectivity index (χ1) is 11.4. The van der Waals surface area contributed by atoms with Crippen LogP contribution in [0.4, 0.5) is 11.4 Å². The number of aliphatic hydroxyl groups excluding tert-OH is 1. The fourth-order valence-electron chi connectivity index (χ4n) is 2.56. The smallest absolute Gasteiger partial charge is 0.221 e. The molecule has 0 fully saturated rings. The van der Waals surface area contributed by atoms with E-state index in [-0.39, 0.29) is 24.0 Å². The molecule has 2 aromatic rings. The Labute approximate surface area is 144 Å². The number of aliphatic hydroxyl groups is 1. The number of aryl methyl sites for hydroxylation is 2. The lowest BCUT2D eigenvalue weighted by molar-refractivity contribution is -0.114. The van der Waals surface area contributed by atoms with Crippen molar-refractivity contribution in [2.45, 2.75) is 20.8 Å². The van der Waals surface area contributed by atoms with Gasteiger partial charge in [0.25, 0.3) is 0 Å². The number of rotatable bonds is 3. The highest BCUT2D eigenvalue weighted by atomic mass is 32.1. The van der Waals surface area contributed by atoms with Crippen LogP contribution in [0.3, 0.4) is 0 Å². The van der Waals surface area contributed by atoms with Crippen molar-refractivity contribution >= 4 is 40.0 Å². The van der Waals surface area contributed by atoms with E-state index in [2.05, 4.69) is 10.3 Å². The molecule has 1 aliphatic heterocycles. The molecule has 0 atom stereocenters. The zero-order valence-corrected chi connectivity index (χ0v) is 14.5. The summed E-state index contributed by atoms with van der Waals surface area (Å²) in [5.41, 5.74) is 2.77. The number of benzene rings is 1. The van der Waals surface area contributed by atoms with E-state index < -0.39 is 0 Å². The Bertz CT molecular complexity index is 850. The van der Waals surface area contributed by atoms with Gasteiger partial charge in [-0.2, -0.15) is 0 Å². The van der Waals surface area contributed by atoms with Crippen molar-refractivity contribution in [2.24, 2.45) is 0 Å². The third-order valence-electron chi connectivity index (χ3n) is 3.82. The van der Waals surface area contributed by atoms with Crippen LogP contribution in [-0.2, 0) is 4.79 Å². The average molecular weight is 342 g/mol. The number of carbonyl (C=O) groups is 1. The van der Waals surface area contributed by atoms with Crippen molar-refractivity contribution in [1.82, 2.24) is 4.98 Å². The number of amides is 1. The molecule has 1 aliphatic rings. The van der Waals surface area contributed by atoms with E-state index >= 15 is 0 Å². The van der Waals surface area contributed by atoms with E-state index in [1.165, 1.54) is 18.3 Å². The van der Waals surface area contributed by atoms with Crippen LogP contribution < -0.4 is 10.2 Å². The largest absolute Gasteiger partial charge is 0.510 e. The maximum absolute atomic E-state index is 11.2. The molecule has 6 nitrogen and oxygen atoms in total. The van der Waals surface area contributed by atoms with Gasteiger partial charge >= 0.3 is 0 Å². The monoisotopic (exact) mass is 342 g/mol. The Hall–Kier alpha value is -2.67. The van der Waals surface area contributed by atoms with Gasteiger partial charge in [-0.15, -0.1) is 11.3 Å². The van der Waals surface area contributed by atoms with Crippen LogP contribution in [0.1, 0.15) is 22.5 Å². The van der Waals surface area contributed by atoms with Crippen molar-refractivity contribution in [3.8, 4) is 0 Å². The van der Waals surface area contributed by atoms with Gasteiger partial charge < -0.3 is 15.3 Å². The Kier molecular flexibility index (Phi) is 4.11. The first kappa shape index (κ1) is 16.2. The summed E-state index contributed by atoms with van der Waals surface area (Å²) in [5, 5.41) is 22.2. The van der Waals surface area contributed by atoms with Gasteiger partial charge in [0.05, 0.1) is 17.8 Å². The number of hydrogen-bond donors (Lipinski definition) is 3. The molecule has 0 aliphatic carbocycles. The molecule has 7 heteroatoms. The van der Waals surface area contributed by atoms with Crippen LogP contribution in [0.25, 0.3) is 5.57 Å². The van der Waals surface area contributed by atoms with Gasteiger partial charge in [0, 0.05) is 23.2 Å². The van der Waals surface area contributed by atoms with E-state index in [4.69, 9.17) is 5.41 Å². The third-order valence-corrected chi connectivity index (χ3v) is 4.91. The normalized spacial score (nSPS) is 14.5. The van der Waals surface area contributed by atoms with E-state index in [0.29, 0.717) is 16.3 Å². The zero-order valence-electron chi connectivity index (χ0n) is 13.7. The highest BCUT2D eigenvalue weighted by molar-refractivity contribution is 7.13. The fourth-order valence-corrected chi connectivity index (χ4v) is 3.54. The highest BCUT2D eigenvalue weighted by Crippen LogP contribution is 2.34. The molecular weight excluding hydrogens is 324 g/mol. The molecule has 124 valence electrons. The number of anilines is 2. The molecule has 1 amide bonds. The van der Waals surface area contributed by atoms with Crippen LogP contribution in [0.2, 0.25) is 0 Å². The minimum atomic E-state index is -0.154. The summed E-state index contributed by atoms with van der Waals surface area (Å²) in [7, 11) is 0. The lowest BCUT2D eigenvalue weighted by Crippen LogP contribution is -2.26. The van der Waals surface area contributed by atoms with E-state index in [0.717, 1.165) is 16.3 Å². The van der Waals surface area contributed by atoms with Crippen LogP contribution in [0, 0.1) is 19.3 Å². The van der Waals surface area contributed by atoms with Gasteiger partial charge in [-0.1, -0.05) is 6.07 Å². The fraction of sp³-hybridized carbons (Fsp3) is 0.235. The van der Waals surface area contributed by atoms with Gasteiger partial charge in [0.2, 0.25) is 5.91 Å². The molecule has 0 radical (unpaired) electrons. The quantitative estimate of drug-likeness (QED) is 0.796. The predicted octanol–water partition coefficient (Wildman–Crippen LogP) is 3.48. The molecule has 1 aromatic carbocycles. The van der Waals surface area contributed by atoms with Crippen LogP contribution in [0.5, 0.6) is 0 Å². The van der Waals surface area contributed by atoms with Crippen molar-refractivity contribution in [2.75, 3.05) is 16.8 Å². The number of amidine groups is 1. The summed E-state index contributed by atoms with van der Waals surface area (Å²) in [4.78, 5) is 18.4. The van der Waals surface area contributed by atoms with Crippen LogP contribution in [0.15, 0.2) is 30.0 Å². The lowest BCUT2D eigenvalue weighted by Gasteiger charge is -2.19. The summed E-state index contributed by atoms with van der Waals surface area (Å²) in [6.45, 7) is 5.56. The number of aromatic nitrogens is 1. The van der Waals surface area contributed by atoms with Gasteiger partial charge in [0.15, 0.2) is 0 Å². The minimum Gasteiger partial charge on any atom is -0.510 e. The SMILES string of the molecule is CC(=O)Nc1cccc(N2CC(O)=C(c3nc(C)c(C)s3)C2=N)c1. The maximum Gasteiger partial charge on any atom is 0.221 e. The van der Waals surface area contributed by atoms with E-state index in [1.807, 2.05) is 19.9 Å². The number of hydrogen-bond acceptors (Lipinski definition) is 5. The number of nitrogens with one attached hydrogen (secondary N) is 2. The topological polar surface area (TPSA) is 89.3 Å². The standard InChI is InChI=1S/C17H18N4O2S/c1-9-10(2)24-17(19-9)15-14(23)8-21(16(15)18)13-6-4-5-12(7-13)20-11(3)22/h4-7,18,23H,8H2,1-3H3,(H,20,22). The average Bonchev–Trinajstić information content (AvgIpc) is 2.98. The Morgan fingerprint density at radius 3 is 2.79 bits per heavy atom. The second kappa shape index (κ2) is 6.09. The Morgan fingerprint density at radius 1 is 1.42 bits per heavy atom. The Balaban J connectivity index is 1.91. The maximum atomic E-state index is 11.2. The van der Waals surface area contributed by atoms with Gasteiger partial charge in [-0.25, -0.2) is 4.98 Å². The molecule has 0 unspecified atom stereocenters. The summed E-state index contributed by atoms with van der Waals surface area (Å²) in [6.07, 6.45) is 0. The molecule has 0 spiro atoms. The second-order valence-electron chi connectivity index (χ2n) is 5.65. The molecule has 0 bridgehead atoms. The van der Waals surface area contributed by atoms with Gasteiger partial charge in [0.1, 0.15) is 16.6 Å². The molecule has 2 heterocycles. The summed E-state index contributed by atoms with van der Waals surface area (Å²) >= 11 is 1.47. The molecule has 1 aromatic heterocycles. The zero-order chi connectivity index (χ0) is 17.4. The highest BCUT2D eigenvalue weighted by Gasteiger charge is 2.31. The van der Waals surface area contributed by atoms with E-state index in [1.54, 1.807) is 23.1 Å². The second-order valence-corrected chi connectivity index (χ2v) is 6.85. The molecule has 3 N–H and O–H groups in total. The third kappa shape index (κ3) is 2.90. The number of thiazole rings is 1. The number of carbonyl (C=O) groups excluding carboxylic acids is 1. The minimum absolute atomic E-state index is 0.138. The molecular formula is C17H18N4O2S. The van der Waals surface area contributed by atoms with Gasteiger partial charge in [-0.3, -0.25) is 10.2 Å². The first-order valence-corrected chi connectivity index (χ1v) is 8.29. The van der Waals surface area contributed by atoms with Crippen molar-refractivity contribution in [1.29, 1.82) is 5.41 Å². The molecule has 24 heavy (non-hydrogen) atoms. The summed E-state index contributed by atoms with van der Waals surface area (Å²) in [5.74, 6) is 0.193. The molecule has 0 saturated carbocycles. The van der Waals surface area contributed by atoms with Crippen molar-refractivity contribution in [3.63, 3.8) is 0 Å². The predicted molar refractivity (Wildman–Crippen MR) is 97.0 cm³/mol. The molecule has 0 saturated heterocycles. The van der Waals surface area contributed by atoms with Crippen LogP contribution in [-0.4, -0.2) is 28.4 Å². The first-order valence-electron chi connectivity index (χ1n) is 7.47. The van der Waals surface area contributed by atoms with Gasteiger partial charge in [-0.05, 0) is 32.0 Å². The molecule has 3 rings (SSSR count). The number of nitrogens with zero attached hydrogens (tertiary/aromatic N) is 2. The van der Waals surface area contributed by atoms with Crippen molar-refractivity contribution < 1.29 is 9.90 Å². The van der Waals surface area contributed by atoms with Crippen molar-refractivity contribution in [3.05, 3.63) is 45.6 Å². The Morgan fingerprint density at radius 2 is 2.17 bits per heavy atom. The lowest BCUT2D eigenvalue weighted by atomic mass is 10.2. The summed E-state index contributed by atoms with van der Waals surface area (Å²) in [6, 6.07) is 7.21. The van der Waals surface area contributed by atoms with E-state index in [9.17, 15) is 9.90 Å².